The van der Waals surface area contributed by atoms with E-state index in [9.17, 15) is 9.90 Å². The Hall–Kier alpha value is -2.96. The molecular weight excluding hydrogens is 352 g/mol. The summed E-state index contributed by atoms with van der Waals surface area (Å²) in [5, 5.41) is 17.5. The van der Waals surface area contributed by atoms with E-state index in [-0.39, 0.29) is 18.6 Å². The monoisotopic (exact) mass is 376 g/mol. The molecule has 0 saturated carbocycles. The van der Waals surface area contributed by atoms with Gasteiger partial charge in [0, 0.05) is 18.2 Å². The first-order valence-electron chi connectivity index (χ1n) is 9.60. The van der Waals surface area contributed by atoms with Gasteiger partial charge in [-0.1, -0.05) is 48.5 Å². The molecular formula is C22H24N4O2. The maximum Gasteiger partial charge on any atom is 0.239 e. The Balaban J connectivity index is 1.58. The molecule has 4 rings (SSSR count). The number of carbonyl (C=O) groups is 1. The van der Waals surface area contributed by atoms with Crippen LogP contribution in [0.5, 0.6) is 0 Å². The first-order chi connectivity index (χ1) is 13.7. The van der Waals surface area contributed by atoms with Gasteiger partial charge in [-0.25, -0.2) is 4.68 Å². The van der Waals surface area contributed by atoms with Crippen molar-refractivity contribution in [3.63, 3.8) is 0 Å². The second-order valence-electron chi connectivity index (χ2n) is 7.11. The molecule has 1 fully saturated rings. The molecule has 0 spiro atoms. The second kappa shape index (κ2) is 8.37. The van der Waals surface area contributed by atoms with Crippen LogP contribution in [0, 0.1) is 0 Å². The maximum absolute atomic E-state index is 12.6. The van der Waals surface area contributed by atoms with E-state index in [4.69, 9.17) is 5.10 Å². The van der Waals surface area contributed by atoms with Gasteiger partial charge in [0.05, 0.1) is 24.0 Å². The smallest absolute Gasteiger partial charge is 0.239 e. The summed E-state index contributed by atoms with van der Waals surface area (Å²) in [4.78, 5) is 14.6. The van der Waals surface area contributed by atoms with Crippen LogP contribution in [0.1, 0.15) is 12.8 Å². The predicted molar refractivity (Wildman–Crippen MR) is 109 cm³/mol. The number of β-amino-alcohol motifs (C(OH)–C–C–N with tert-alkyl or cyclic N) is 1. The molecule has 144 valence electrons. The molecule has 0 radical (unpaired) electrons. The lowest BCUT2D eigenvalue weighted by molar-refractivity contribution is -0.118. The molecule has 3 aromatic rings. The van der Waals surface area contributed by atoms with Crippen molar-refractivity contribution in [2.45, 2.75) is 18.9 Å². The average Bonchev–Trinajstić information content (AvgIpc) is 3.13. The summed E-state index contributed by atoms with van der Waals surface area (Å²) in [6.45, 7) is 1.63. The summed E-state index contributed by atoms with van der Waals surface area (Å²) in [6.07, 6.45) is 1.37. The molecule has 28 heavy (non-hydrogen) atoms. The highest BCUT2D eigenvalue weighted by Crippen LogP contribution is 2.24. The van der Waals surface area contributed by atoms with E-state index in [1.165, 1.54) is 0 Å². The minimum atomic E-state index is -0.346. The predicted octanol–water partition coefficient (Wildman–Crippen LogP) is 2.93. The van der Waals surface area contributed by atoms with Crippen LogP contribution in [-0.2, 0) is 4.79 Å². The zero-order valence-electron chi connectivity index (χ0n) is 15.7. The molecule has 2 aromatic carbocycles. The van der Waals surface area contributed by atoms with Gasteiger partial charge < -0.3 is 10.4 Å². The SMILES string of the molecule is O=C(CN1CCCC(O)C1)Nc1cc(-c2ccccc2)nn1-c1ccccc1. The molecule has 6 heteroatoms. The number of para-hydroxylation sites is 1. The topological polar surface area (TPSA) is 70.4 Å². The lowest BCUT2D eigenvalue weighted by Crippen LogP contribution is -2.42. The van der Waals surface area contributed by atoms with Crippen LogP contribution in [-0.4, -0.2) is 51.4 Å². The summed E-state index contributed by atoms with van der Waals surface area (Å²) >= 11 is 0. The number of hydrogen-bond acceptors (Lipinski definition) is 4. The van der Waals surface area contributed by atoms with Crippen molar-refractivity contribution >= 4 is 11.7 Å². The summed E-state index contributed by atoms with van der Waals surface area (Å²) in [7, 11) is 0. The molecule has 1 amide bonds. The van der Waals surface area contributed by atoms with Gasteiger partial charge in [0.2, 0.25) is 5.91 Å². The van der Waals surface area contributed by atoms with Gasteiger partial charge in [-0.15, -0.1) is 0 Å². The number of aliphatic hydroxyl groups excluding tert-OH is 1. The molecule has 2 heterocycles. The van der Waals surface area contributed by atoms with Gasteiger partial charge in [-0.05, 0) is 31.5 Å². The Labute approximate surface area is 164 Å². The molecule has 1 unspecified atom stereocenters. The number of aliphatic hydroxyl groups is 1. The maximum atomic E-state index is 12.6. The Morgan fingerprint density at radius 2 is 1.82 bits per heavy atom. The fourth-order valence-electron chi connectivity index (χ4n) is 3.55. The lowest BCUT2D eigenvalue weighted by Gasteiger charge is -2.29. The van der Waals surface area contributed by atoms with E-state index in [0.29, 0.717) is 12.4 Å². The molecule has 1 aromatic heterocycles. The summed E-state index contributed by atoms with van der Waals surface area (Å²) < 4.78 is 1.76. The standard InChI is InChI=1S/C22H24N4O2/c27-19-12-7-13-25(15-19)16-22(28)23-21-14-20(17-8-3-1-4-9-17)24-26(21)18-10-5-2-6-11-18/h1-6,8-11,14,19,27H,7,12-13,15-16H2,(H,23,28). The first kappa shape index (κ1) is 18.4. The van der Waals surface area contributed by atoms with E-state index in [1.54, 1.807) is 4.68 Å². The number of nitrogens with one attached hydrogen (secondary N) is 1. The number of benzene rings is 2. The van der Waals surface area contributed by atoms with Crippen LogP contribution in [0.4, 0.5) is 5.82 Å². The van der Waals surface area contributed by atoms with Crippen LogP contribution in [0.2, 0.25) is 0 Å². The molecule has 1 saturated heterocycles. The van der Waals surface area contributed by atoms with E-state index in [0.717, 1.165) is 36.3 Å². The van der Waals surface area contributed by atoms with Crippen molar-refractivity contribution in [1.29, 1.82) is 0 Å². The van der Waals surface area contributed by atoms with Crippen molar-refractivity contribution in [3.8, 4) is 16.9 Å². The lowest BCUT2D eigenvalue weighted by atomic mass is 10.1. The highest BCUT2D eigenvalue weighted by molar-refractivity contribution is 5.92. The number of aromatic nitrogens is 2. The number of hydrogen-bond donors (Lipinski definition) is 2. The molecule has 2 N–H and O–H groups in total. The Morgan fingerprint density at radius 1 is 1.11 bits per heavy atom. The van der Waals surface area contributed by atoms with Crippen molar-refractivity contribution in [2.24, 2.45) is 0 Å². The second-order valence-corrected chi connectivity index (χ2v) is 7.11. The van der Waals surface area contributed by atoms with Crippen LogP contribution >= 0.6 is 0 Å². The number of anilines is 1. The van der Waals surface area contributed by atoms with Crippen LogP contribution in [0.15, 0.2) is 66.7 Å². The molecule has 6 nitrogen and oxygen atoms in total. The highest BCUT2D eigenvalue weighted by Gasteiger charge is 2.21. The minimum Gasteiger partial charge on any atom is -0.392 e. The van der Waals surface area contributed by atoms with Crippen molar-refractivity contribution in [2.75, 3.05) is 25.0 Å². The average molecular weight is 376 g/mol. The summed E-state index contributed by atoms with van der Waals surface area (Å²) in [5.41, 5.74) is 2.67. The zero-order valence-corrected chi connectivity index (χ0v) is 15.7. The normalized spacial score (nSPS) is 17.4. The number of likely N-dealkylation sites (tertiary alicyclic amines) is 1. The van der Waals surface area contributed by atoms with E-state index < -0.39 is 0 Å². The number of piperidine rings is 1. The van der Waals surface area contributed by atoms with Gasteiger partial charge in [0.1, 0.15) is 5.82 Å². The Bertz CT molecular complexity index is 924. The van der Waals surface area contributed by atoms with Gasteiger partial charge in [0.15, 0.2) is 0 Å². The molecule has 0 bridgehead atoms. The van der Waals surface area contributed by atoms with Gasteiger partial charge >= 0.3 is 0 Å². The van der Waals surface area contributed by atoms with E-state index in [2.05, 4.69) is 5.32 Å². The quantitative estimate of drug-likeness (QED) is 0.718. The molecule has 0 aliphatic carbocycles. The Kier molecular flexibility index (Phi) is 5.50. The van der Waals surface area contributed by atoms with Gasteiger partial charge in [-0.3, -0.25) is 9.69 Å². The van der Waals surface area contributed by atoms with E-state index in [1.807, 2.05) is 71.6 Å². The Morgan fingerprint density at radius 3 is 2.54 bits per heavy atom. The third kappa shape index (κ3) is 4.30. The largest absolute Gasteiger partial charge is 0.392 e. The van der Waals surface area contributed by atoms with Crippen molar-refractivity contribution < 1.29 is 9.90 Å². The first-order valence-corrected chi connectivity index (χ1v) is 9.60. The third-order valence-electron chi connectivity index (χ3n) is 4.90. The number of rotatable bonds is 5. The van der Waals surface area contributed by atoms with Crippen molar-refractivity contribution in [3.05, 3.63) is 66.7 Å². The minimum absolute atomic E-state index is 0.106. The van der Waals surface area contributed by atoms with Crippen LogP contribution in [0.3, 0.4) is 0 Å². The van der Waals surface area contributed by atoms with Gasteiger partial charge in [0.25, 0.3) is 0 Å². The van der Waals surface area contributed by atoms with Gasteiger partial charge in [-0.2, -0.15) is 5.10 Å². The fourth-order valence-corrected chi connectivity index (χ4v) is 3.55. The molecule has 1 aliphatic heterocycles. The third-order valence-corrected chi connectivity index (χ3v) is 4.90. The number of amides is 1. The fraction of sp³-hybridized carbons (Fsp3) is 0.273. The molecule has 1 aliphatic rings. The van der Waals surface area contributed by atoms with Crippen LogP contribution in [0.25, 0.3) is 16.9 Å². The number of nitrogens with zero attached hydrogens (tertiary/aromatic N) is 3. The highest BCUT2D eigenvalue weighted by atomic mass is 16.3. The number of carbonyl (C=O) groups excluding carboxylic acids is 1. The summed E-state index contributed by atoms with van der Waals surface area (Å²) in [5.74, 6) is 0.526. The zero-order chi connectivity index (χ0) is 19.3. The van der Waals surface area contributed by atoms with Crippen molar-refractivity contribution in [1.82, 2.24) is 14.7 Å². The van der Waals surface area contributed by atoms with Crippen LogP contribution < -0.4 is 5.32 Å². The summed E-state index contributed by atoms with van der Waals surface area (Å²) in [6, 6.07) is 21.5. The van der Waals surface area contributed by atoms with E-state index >= 15 is 0 Å². The molecule has 1 atom stereocenters.